The standard InChI is InChI=1S/C18H25NO/c1-14-6-3-7-15(2)18(14)13-20-17-10-4-8-16(12-17)9-5-11-19/h3-4,6-8,10,12,14,18H,5,9,11,13,19H2,1-2H3/t14?,18-/m1/s1. The van der Waals surface area contributed by atoms with Gasteiger partial charge in [0.25, 0.3) is 0 Å². The third-order valence-corrected chi connectivity index (χ3v) is 3.99. The zero-order valence-corrected chi connectivity index (χ0v) is 12.5. The number of ether oxygens (including phenoxy) is 1. The molecule has 2 heteroatoms. The SMILES string of the molecule is CC1=CC=CC(C)[C@H]1COc1cccc(CCCN)c1. The van der Waals surface area contributed by atoms with Gasteiger partial charge in [-0.3, -0.25) is 0 Å². The van der Waals surface area contributed by atoms with E-state index in [0.29, 0.717) is 11.8 Å². The van der Waals surface area contributed by atoms with Crippen LogP contribution in [0.3, 0.4) is 0 Å². The van der Waals surface area contributed by atoms with Crippen LogP contribution in [0.4, 0.5) is 0 Å². The normalized spacial score (nSPS) is 21.6. The molecule has 0 aliphatic heterocycles. The van der Waals surface area contributed by atoms with Gasteiger partial charge >= 0.3 is 0 Å². The molecule has 0 radical (unpaired) electrons. The molecule has 0 bridgehead atoms. The molecule has 1 aliphatic carbocycles. The summed E-state index contributed by atoms with van der Waals surface area (Å²) in [4.78, 5) is 0. The number of rotatable bonds is 6. The Hall–Kier alpha value is -1.54. The molecule has 0 amide bonds. The first kappa shape index (κ1) is 14.9. The molecule has 0 heterocycles. The molecule has 0 spiro atoms. The quantitative estimate of drug-likeness (QED) is 0.855. The van der Waals surface area contributed by atoms with Crippen molar-refractivity contribution in [1.82, 2.24) is 0 Å². The Bertz CT molecular complexity index is 490. The molecule has 0 saturated heterocycles. The predicted molar refractivity (Wildman–Crippen MR) is 84.9 cm³/mol. The van der Waals surface area contributed by atoms with Crippen molar-refractivity contribution >= 4 is 0 Å². The highest BCUT2D eigenvalue weighted by molar-refractivity contribution is 5.29. The van der Waals surface area contributed by atoms with Crippen molar-refractivity contribution < 1.29 is 4.74 Å². The lowest BCUT2D eigenvalue weighted by molar-refractivity contribution is 0.242. The molecule has 1 aromatic rings. The summed E-state index contributed by atoms with van der Waals surface area (Å²) in [5.41, 5.74) is 8.26. The van der Waals surface area contributed by atoms with Crippen molar-refractivity contribution in [1.29, 1.82) is 0 Å². The van der Waals surface area contributed by atoms with Gasteiger partial charge in [0.15, 0.2) is 0 Å². The maximum Gasteiger partial charge on any atom is 0.119 e. The van der Waals surface area contributed by atoms with Crippen LogP contribution in [0.15, 0.2) is 48.1 Å². The van der Waals surface area contributed by atoms with E-state index in [1.165, 1.54) is 11.1 Å². The molecule has 20 heavy (non-hydrogen) atoms. The monoisotopic (exact) mass is 271 g/mol. The van der Waals surface area contributed by atoms with Gasteiger partial charge in [0.1, 0.15) is 5.75 Å². The summed E-state index contributed by atoms with van der Waals surface area (Å²) in [6.45, 7) is 5.92. The highest BCUT2D eigenvalue weighted by atomic mass is 16.5. The van der Waals surface area contributed by atoms with Crippen molar-refractivity contribution in [3.8, 4) is 5.75 Å². The van der Waals surface area contributed by atoms with E-state index in [-0.39, 0.29) is 0 Å². The second kappa shape index (κ2) is 7.30. The fourth-order valence-corrected chi connectivity index (χ4v) is 2.62. The van der Waals surface area contributed by atoms with Crippen molar-refractivity contribution in [2.75, 3.05) is 13.2 Å². The fourth-order valence-electron chi connectivity index (χ4n) is 2.62. The molecule has 2 atom stereocenters. The minimum atomic E-state index is 0.479. The third-order valence-electron chi connectivity index (χ3n) is 3.99. The Balaban J connectivity index is 1.93. The van der Waals surface area contributed by atoms with Crippen LogP contribution in [-0.4, -0.2) is 13.2 Å². The molecule has 108 valence electrons. The van der Waals surface area contributed by atoms with Crippen LogP contribution in [0.2, 0.25) is 0 Å². The molecule has 0 fully saturated rings. The lowest BCUT2D eigenvalue weighted by Crippen LogP contribution is -2.21. The van der Waals surface area contributed by atoms with Crippen LogP contribution in [0, 0.1) is 11.8 Å². The molecular formula is C18H25NO. The first-order valence-corrected chi connectivity index (χ1v) is 7.47. The van der Waals surface area contributed by atoms with Gasteiger partial charge in [-0.05, 0) is 49.9 Å². The largest absolute Gasteiger partial charge is 0.493 e. The van der Waals surface area contributed by atoms with Crippen LogP contribution in [0.1, 0.15) is 25.8 Å². The first-order valence-electron chi connectivity index (χ1n) is 7.47. The Morgan fingerprint density at radius 1 is 1.30 bits per heavy atom. The lowest BCUT2D eigenvalue weighted by atomic mass is 9.85. The molecule has 0 aromatic heterocycles. The molecule has 2 N–H and O–H groups in total. The average molecular weight is 271 g/mol. The van der Waals surface area contributed by atoms with Crippen LogP contribution in [-0.2, 0) is 6.42 Å². The van der Waals surface area contributed by atoms with Gasteiger partial charge in [-0.25, -0.2) is 0 Å². The van der Waals surface area contributed by atoms with Gasteiger partial charge < -0.3 is 10.5 Å². The minimum Gasteiger partial charge on any atom is -0.493 e. The van der Waals surface area contributed by atoms with Crippen LogP contribution < -0.4 is 10.5 Å². The predicted octanol–water partition coefficient (Wildman–Crippen LogP) is 3.73. The van der Waals surface area contributed by atoms with Crippen molar-refractivity contribution in [2.45, 2.75) is 26.7 Å². The highest BCUT2D eigenvalue weighted by Crippen LogP contribution is 2.27. The van der Waals surface area contributed by atoms with Gasteiger partial charge in [-0.2, -0.15) is 0 Å². The van der Waals surface area contributed by atoms with E-state index >= 15 is 0 Å². The number of hydrogen-bond acceptors (Lipinski definition) is 2. The molecule has 2 rings (SSSR count). The second-order valence-corrected chi connectivity index (χ2v) is 5.61. The van der Waals surface area contributed by atoms with E-state index in [0.717, 1.165) is 31.7 Å². The zero-order valence-electron chi connectivity index (χ0n) is 12.5. The van der Waals surface area contributed by atoms with Crippen LogP contribution in [0.25, 0.3) is 0 Å². The summed E-state index contributed by atoms with van der Waals surface area (Å²) >= 11 is 0. The van der Waals surface area contributed by atoms with E-state index in [4.69, 9.17) is 10.5 Å². The molecule has 1 aromatic carbocycles. The van der Waals surface area contributed by atoms with Crippen molar-refractivity contribution in [3.05, 3.63) is 53.6 Å². The number of nitrogens with two attached hydrogens (primary N) is 1. The van der Waals surface area contributed by atoms with Crippen LogP contribution in [0.5, 0.6) is 5.75 Å². The Morgan fingerprint density at radius 2 is 2.15 bits per heavy atom. The van der Waals surface area contributed by atoms with E-state index < -0.39 is 0 Å². The third kappa shape index (κ3) is 3.97. The van der Waals surface area contributed by atoms with Gasteiger partial charge in [0, 0.05) is 5.92 Å². The number of allylic oxidation sites excluding steroid dienone is 3. The minimum absolute atomic E-state index is 0.479. The van der Waals surface area contributed by atoms with Gasteiger partial charge in [-0.15, -0.1) is 0 Å². The highest BCUT2D eigenvalue weighted by Gasteiger charge is 2.19. The van der Waals surface area contributed by atoms with Gasteiger partial charge in [0.2, 0.25) is 0 Å². The Labute approximate surface area is 122 Å². The molecule has 2 nitrogen and oxygen atoms in total. The van der Waals surface area contributed by atoms with E-state index in [1.54, 1.807) is 0 Å². The maximum atomic E-state index is 6.00. The zero-order chi connectivity index (χ0) is 14.4. The van der Waals surface area contributed by atoms with E-state index in [1.807, 2.05) is 6.07 Å². The number of benzene rings is 1. The first-order chi connectivity index (χ1) is 9.70. The fraction of sp³-hybridized carbons (Fsp3) is 0.444. The lowest BCUT2D eigenvalue weighted by Gasteiger charge is -2.25. The summed E-state index contributed by atoms with van der Waals surface area (Å²) in [5, 5.41) is 0. The van der Waals surface area contributed by atoms with Crippen LogP contribution >= 0.6 is 0 Å². The number of hydrogen-bond donors (Lipinski definition) is 1. The van der Waals surface area contributed by atoms with E-state index in [2.05, 4.69) is 50.3 Å². The summed E-state index contributed by atoms with van der Waals surface area (Å²) in [6.07, 6.45) is 8.62. The van der Waals surface area contributed by atoms with Gasteiger partial charge in [0.05, 0.1) is 6.61 Å². The maximum absolute atomic E-state index is 6.00. The second-order valence-electron chi connectivity index (χ2n) is 5.61. The average Bonchev–Trinajstić information content (AvgIpc) is 2.45. The summed E-state index contributed by atoms with van der Waals surface area (Å²) < 4.78 is 6.00. The van der Waals surface area contributed by atoms with Crippen molar-refractivity contribution in [3.63, 3.8) is 0 Å². The molecule has 1 aliphatic rings. The Morgan fingerprint density at radius 3 is 2.90 bits per heavy atom. The number of aryl methyl sites for hydroxylation is 1. The summed E-state index contributed by atoms with van der Waals surface area (Å²) in [7, 11) is 0. The Kier molecular flexibility index (Phi) is 5.42. The summed E-state index contributed by atoms with van der Waals surface area (Å²) in [5.74, 6) is 1.99. The molecule has 1 unspecified atom stereocenters. The van der Waals surface area contributed by atoms with Crippen molar-refractivity contribution in [2.24, 2.45) is 17.6 Å². The van der Waals surface area contributed by atoms with Gasteiger partial charge in [-0.1, -0.05) is 42.9 Å². The van der Waals surface area contributed by atoms with E-state index in [9.17, 15) is 0 Å². The smallest absolute Gasteiger partial charge is 0.119 e. The molecular weight excluding hydrogens is 246 g/mol. The topological polar surface area (TPSA) is 35.2 Å². The summed E-state index contributed by atoms with van der Waals surface area (Å²) in [6, 6.07) is 8.38. The molecule has 0 saturated carbocycles.